The molecular formula is C22H17N3O2S. The molecule has 1 heterocycles. The number of hydrogen-bond donors (Lipinski definition) is 3. The second kappa shape index (κ2) is 8.02. The zero-order valence-electron chi connectivity index (χ0n) is 14.8. The molecule has 2 amide bonds. The third kappa shape index (κ3) is 3.77. The van der Waals surface area contributed by atoms with Gasteiger partial charge in [0, 0.05) is 34.0 Å². The highest BCUT2D eigenvalue weighted by Crippen LogP contribution is 2.36. The summed E-state index contributed by atoms with van der Waals surface area (Å²) in [7, 11) is 0. The molecule has 3 aromatic carbocycles. The van der Waals surface area contributed by atoms with Crippen molar-refractivity contribution in [3.8, 4) is 11.3 Å². The topological polar surface area (TPSA) is 74.0 Å². The Balaban J connectivity index is 1.54. The average Bonchev–Trinajstić information content (AvgIpc) is 3.12. The molecule has 0 fully saturated rings. The van der Waals surface area contributed by atoms with Gasteiger partial charge in [-0.25, -0.2) is 0 Å². The van der Waals surface area contributed by atoms with E-state index in [4.69, 9.17) is 0 Å². The molecule has 28 heavy (non-hydrogen) atoms. The van der Waals surface area contributed by atoms with Crippen LogP contribution in [0.1, 0.15) is 10.4 Å². The Bertz CT molecular complexity index is 1120. The van der Waals surface area contributed by atoms with E-state index in [1.54, 1.807) is 24.3 Å². The lowest BCUT2D eigenvalue weighted by Gasteiger charge is -2.08. The summed E-state index contributed by atoms with van der Waals surface area (Å²) >= 11 is 0.840. The monoisotopic (exact) mass is 387 g/mol. The minimum absolute atomic E-state index is 0.429. The van der Waals surface area contributed by atoms with Crippen molar-refractivity contribution in [2.75, 3.05) is 4.72 Å². The quantitative estimate of drug-likeness (QED) is 0.407. The van der Waals surface area contributed by atoms with Crippen LogP contribution in [0.25, 0.3) is 22.2 Å². The lowest BCUT2D eigenvalue weighted by molar-refractivity contribution is 0.0969. The summed E-state index contributed by atoms with van der Waals surface area (Å²) in [5, 5.41) is 2.87. The largest absolute Gasteiger partial charge is 0.353 e. The molecule has 4 rings (SSSR count). The predicted molar refractivity (Wildman–Crippen MR) is 114 cm³/mol. The maximum atomic E-state index is 12.3. The molecule has 3 N–H and O–H groups in total. The van der Waals surface area contributed by atoms with Crippen LogP contribution in [0.2, 0.25) is 0 Å². The molecule has 1 aromatic heterocycles. The number of rotatable bonds is 4. The normalized spacial score (nSPS) is 10.6. The SMILES string of the molecule is O=C(NC(=O)c1ccccc1)SNc1c(-c2ccccc2)[nH]c2ccccc12. The van der Waals surface area contributed by atoms with Gasteiger partial charge in [0.1, 0.15) is 0 Å². The molecule has 0 saturated carbocycles. The first-order valence-corrected chi connectivity index (χ1v) is 9.53. The third-order valence-corrected chi connectivity index (χ3v) is 4.86. The molecule has 6 heteroatoms. The molecule has 0 atom stereocenters. The lowest BCUT2D eigenvalue weighted by Crippen LogP contribution is -2.27. The number of benzene rings is 3. The van der Waals surface area contributed by atoms with E-state index in [-0.39, 0.29) is 0 Å². The molecule has 4 aromatic rings. The first-order chi connectivity index (χ1) is 13.7. The van der Waals surface area contributed by atoms with Gasteiger partial charge in [-0.1, -0.05) is 66.7 Å². The highest BCUT2D eigenvalue weighted by Gasteiger charge is 2.16. The second-order valence-electron chi connectivity index (χ2n) is 6.10. The van der Waals surface area contributed by atoms with Crippen molar-refractivity contribution < 1.29 is 9.59 Å². The summed E-state index contributed by atoms with van der Waals surface area (Å²) in [6, 6.07) is 26.4. The zero-order valence-corrected chi connectivity index (χ0v) is 15.6. The van der Waals surface area contributed by atoms with Crippen molar-refractivity contribution in [1.29, 1.82) is 0 Å². The predicted octanol–water partition coefficient (Wildman–Crippen LogP) is 5.45. The second-order valence-corrected chi connectivity index (χ2v) is 6.88. The van der Waals surface area contributed by atoms with E-state index in [9.17, 15) is 9.59 Å². The molecule has 0 saturated heterocycles. The van der Waals surface area contributed by atoms with Gasteiger partial charge in [0.2, 0.25) is 0 Å². The summed E-state index contributed by atoms with van der Waals surface area (Å²) in [6.07, 6.45) is 0. The van der Waals surface area contributed by atoms with Crippen LogP contribution in [0.3, 0.4) is 0 Å². The Kier molecular flexibility index (Phi) is 5.12. The molecule has 0 aliphatic rings. The number of fused-ring (bicyclic) bond motifs is 1. The van der Waals surface area contributed by atoms with Gasteiger partial charge >= 0.3 is 5.24 Å². The summed E-state index contributed by atoms with van der Waals surface area (Å²) < 4.78 is 3.11. The number of aromatic nitrogens is 1. The molecule has 0 radical (unpaired) electrons. The smallest absolute Gasteiger partial charge is 0.306 e. The third-order valence-electron chi connectivity index (χ3n) is 4.27. The number of anilines is 1. The van der Waals surface area contributed by atoms with Crippen LogP contribution < -0.4 is 10.0 Å². The standard InChI is InChI=1S/C22H17N3O2S/c26-21(16-11-5-2-6-12-16)24-22(27)28-25-20-17-13-7-8-14-18(17)23-19(20)15-9-3-1-4-10-15/h1-14,23,25H,(H,24,26,27). The van der Waals surface area contributed by atoms with E-state index in [2.05, 4.69) is 15.0 Å². The van der Waals surface area contributed by atoms with Gasteiger partial charge in [0.15, 0.2) is 0 Å². The molecule has 0 bridgehead atoms. The number of nitrogens with one attached hydrogen (secondary N) is 3. The average molecular weight is 387 g/mol. The molecule has 0 aliphatic heterocycles. The molecule has 138 valence electrons. The van der Waals surface area contributed by atoms with E-state index in [0.29, 0.717) is 5.56 Å². The van der Waals surface area contributed by atoms with Crippen LogP contribution in [0.5, 0.6) is 0 Å². The number of amides is 2. The number of carbonyl (C=O) groups is 2. The number of hydrogen-bond acceptors (Lipinski definition) is 4. The van der Waals surface area contributed by atoms with Crippen molar-refractivity contribution in [2.45, 2.75) is 0 Å². The van der Waals surface area contributed by atoms with E-state index in [1.807, 2.05) is 60.7 Å². The highest BCUT2D eigenvalue weighted by molar-refractivity contribution is 8.14. The van der Waals surface area contributed by atoms with Gasteiger partial charge < -0.3 is 9.71 Å². The Labute approximate surface area is 166 Å². The number of imide groups is 1. The lowest BCUT2D eigenvalue weighted by atomic mass is 10.1. The number of H-pyrrole nitrogens is 1. The van der Waals surface area contributed by atoms with Crippen LogP contribution in [-0.2, 0) is 0 Å². The maximum absolute atomic E-state index is 12.3. The maximum Gasteiger partial charge on any atom is 0.306 e. The van der Waals surface area contributed by atoms with Crippen molar-refractivity contribution in [1.82, 2.24) is 10.3 Å². The van der Waals surface area contributed by atoms with Gasteiger partial charge in [-0.05, 0) is 18.2 Å². The summed E-state index contributed by atoms with van der Waals surface area (Å²) in [5.41, 5.74) is 4.09. The van der Waals surface area contributed by atoms with Crippen LogP contribution in [0.4, 0.5) is 10.5 Å². The van der Waals surface area contributed by atoms with Crippen molar-refractivity contribution in [3.63, 3.8) is 0 Å². The van der Waals surface area contributed by atoms with Crippen molar-refractivity contribution in [3.05, 3.63) is 90.5 Å². The van der Waals surface area contributed by atoms with Gasteiger partial charge in [-0.15, -0.1) is 0 Å². The van der Waals surface area contributed by atoms with Gasteiger partial charge in [-0.2, -0.15) is 0 Å². The van der Waals surface area contributed by atoms with Gasteiger partial charge in [-0.3, -0.25) is 14.9 Å². The number of para-hydroxylation sites is 1. The van der Waals surface area contributed by atoms with E-state index < -0.39 is 11.1 Å². The Morgan fingerprint density at radius 1 is 0.786 bits per heavy atom. The Morgan fingerprint density at radius 3 is 2.18 bits per heavy atom. The Morgan fingerprint density at radius 2 is 1.43 bits per heavy atom. The van der Waals surface area contributed by atoms with E-state index in [1.165, 1.54) is 0 Å². The van der Waals surface area contributed by atoms with Crippen molar-refractivity contribution >= 4 is 39.7 Å². The summed E-state index contributed by atoms with van der Waals surface area (Å²) in [4.78, 5) is 27.8. The fourth-order valence-corrected chi connectivity index (χ4v) is 3.50. The van der Waals surface area contributed by atoms with E-state index in [0.717, 1.165) is 39.8 Å². The first kappa shape index (κ1) is 17.9. The molecule has 0 spiro atoms. The first-order valence-electron chi connectivity index (χ1n) is 8.72. The number of aromatic amines is 1. The summed E-state index contributed by atoms with van der Waals surface area (Å²) in [5.74, 6) is -0.429. The number of carbonyl (C=O) groups excluding carboxylic acids is 2. The van der Waals surface area contributed by atoms with Crippen LogP contribution >= 0.6 is 11.9 Å². The minimum atomic E-state index is -0.474. The molecular weight excluding hydrogens is 370 g/mol. The van der Waals surface area contributed by atoms with E-state index >= 15 is 0 Å². The minimum Gasteiger partial charge on any atom is -0.353 e. The van der Waals surface area contributed by atoms with Gasteiger partial charge in [0.05, 0.1) is 11.4 Å². The fraction of sp³-hybridized carbons (Fsp3) is 0. The molecule has 5 nitrogen and oxygen atoms in total. The summed E-state index contributed by atoms with van der Waals surface area (Å²) in [6.45, 7) is 0. The Hall–Kier alpha value is -3.51. The highest BCUT2D eigenvalue weighted by atomic mass is 32.2. The van der Waals surface area contributed by atoms with Crippen LogP contribution in [0.15, 0.2) is 84.9 Å². The molecule has 0 aliphatic carbocycles. The van der Waals surface area contributed by atoms with Crippen molar-refractivity contribution in [2.24, 2.45) is 0 Å². The van der Waals surface area contributed by atoms with Crippen LogP contribution in [-0.4, -0.2) is 16.1 Å². The fourth-order valence-electron chi connectivity index (χ4n) is 2.95. The van der Waals surface area contributed by atoms with Gasteiger partial charge in [0.25, 0.3) is 5.91 Å². The zero-order chi connectivity index (χ0) is 19.3. The molecule has 0 unspecified atom stereocenters. The van der Waals surface area contributed by atoms with Crippen LogP contribution in [0, 0.1) is 0 Å².